The molecule has 4 aromatic rings. The van der Waals surface area contributed by atoms with Crippen LogP contribution in [0.1, 0.15) is 77.0 Å². The highest BCUT2D eigenvalue weighted by atomic mass is 32.1. The average molecular weight is 447 g/mol. The van der Waals surface area contributed by atoms with Gasteiger partial charge in [0.15, 0.2) is 11.7 Å². The lowest BCUT2D eigenvalue weighted by Crippen LogP contribution is -2.10. The van der Waals surface area contributed by atoms with E-state index in [0.29, 0.717) is 18.2 Å². The Balaban J connectivity index is 1.71. The van der Waals surface area contributed by atoms with Gasteiger partial charge in [-0.05, 0) is 50.8 Å². The summed E-state index contributed by atoms with van der Waals surface area (Å²) in [7, 11) is 0. The topological polar surface area (TPSA) is 82.0 Å². The van der Waals surface area contributed by atoms with Gasteiger partial charge in [0.2, 0.25) is 0 Å². The number of aryl methyl sites for hydroxylation is 2. The van der Waals surface area contributed by atoms with Gasteiger partial charge in [-0.1, -0.05) is 13.8 Å². The first-order chi connectivity index (χ1) is 15.5. The van der Waals surface area contributed by atoms with E-state index in [1.165, 1.54) is 10.4 Å². The van der Waals surface area contributed by atoms with Crippen molar-refractivity contribution in [1.29, 1.82) is 0 Å². The van der Waals surface area contributed by atoms with Crippen LogP contribution in [0.25, 0.3) is 5.00 Å². The van der Waals surface area contributed by atoms with Crippen LogP contribution >= 0.6 is 11.3 Å². The van der Waals surface area contributed by atoms with Gasteiger partial charge >= 0.3 is 0 Å². The van der Waals surface area contributed by atoms with Gasteiger partial charge in [0, 0.05) is 27.9 Å². The quantitative estimate of drug-likeness (QED) is 0.416. The maximum atomic E-state index is 5.55. The standard InChI is InChI=1S/C24H26N6OS/c1-6-13(2)18-8-7-17(12-26-18)22-21-14(3)15(4)32-24(21)30-16(5)28-29-23(30)19(27-22)11-20-25-9-10-31-20/h7-10,12-13,19H,6,11H2,1-5H3/t13?,19-/m1/s1. The molecule has 0 bridgehead atoms. The molecule has 164 valence electrons. The Hall–Kier alpha value is -3.13. The molecular formula is C24H26N6OS. The first-order valence-corrected chi connectivity index (χ1v) is 11.7. The van der Waals surface area contributed by atoms with Gasteiger partial charge < -0.3 is 4.42 Å². The highest BCUT2D eigenvalue weighted by Crippen LogP contribution is 2.39. The van der Waals surface area contributed by atoms with Gasteiger partial charge in [-0.3, -0.25) is 14.5 Å². The minimum absolute atomic E-state index is 0.265. The Morgan fingerprint density at radius 2 is 2.00 bits per heavy atom. The van der Waals surface area contributed by atoms with Gasteiger partial charge in [-0.25, -0.2) is 4.98 Å². The lowest BCUT2D eigenvalue weighted by Gasteiger charge is -2.12. The molecule has 0 spiro atoms. The van der Waals surface area contributed by atoms with Crippen LogP contribution in [0.2, 0.25) is 0 Å². The van der Waals surface area contributed by atoms with E-state index in [0.717, 1.165) is 45.6 Å². The number of nitrogens with zero attached hydrogens (tertiary/aromatic N) is 6. The van der Waals surface area contributed by atoms with Gasteiger partial charge in [-0.15, -0.1) is 21.5 Å². The van der Waals surface area contributed by atoms with Crippen LogP contribution < -0.4 is 0 Å². The Morgan fingerprint density at radius 1 is 1.16 bits per heavy atom. The normalized spacial score (nSPS) is 16.3. The number of oxazole rings is 1. The second-order valence-electron chi connectivity index (χ2n) is 8.31. The van der Waals surface area contributed by atoms with Gasteiger partial charge in [0.05, 0.1) is 18.3 Å². The van der Waals surface area contributed by atoms with Gasteiger partial charge in [0.25, 0.3) is 0 Å². The molecule has 0 saturated carbocycles. The molecule has 1 unspecified atom stereocenters. The summed E-state index contributed by atoms with van der Waals surface area (Å²) < 4.78 is 7.69. The Kier molecular flexibility index (Phi) is 5.25. The fourth-order valence-electron chi connectivity index (χ4n) is 4.09. The predicted molar refractivity (Wildman–Crippen MR) is 125 cm³/mol. The summed E-state index contributed by atoms with van der Waals surface area (Å²) in [4.78, 5) is 15.6. The van der Waals surface area contributed by atoms with Crippen molar-refractivity contribution in [3.63, 3.8) is 0 Å². The Bertz CT molecular complexity index is 1280. The SMILES string of the molecule is CCC(C)c1ccc(C2=N[C@H](Cc3ncco3)c3nnc(C)n3-c3sc(C)c(C)c32)cn1. The first kappa shape index (κ1) is 20.8. The second kappa shape index (κ2) is 8.09. The molecule has 8 heteroatoms. The van der Waals surface area contributed by atoms with E-state index < -0.39 is 0 Å². The molecule has 0 fully saturated rings. The maximum absolute atomic E-state index is 5.55. The highest BCUT2D eigenvalue weighted by molar-refractivity contribution is 7.15. The zero-order valence-electron chi connectivity index (χ0n) is 19.0. The lowest BCUT2D eigenvalue weighted by molar-refractivity contribution is 0.467. The van der Waals surface area contributed by atoms with Crippen molar-refractivity contribution in [2.24, 2.45) is 4.99 Å². The Morgan fingerprint density at radius 3 is 2.69 bits per heavy atom. The number of hydrogen-bond donors (Lipinski definition) is 0. The lowest BCUT2D eigenvalue weighted by atomic mass is 9.99. The third-order valence-electron chi connectivity index (χ3n) is 6.27. The van der Waals surface area contributed by atoms with Crippen LogP contribution in [0.15, 0.2) is 40.2 Å². The van der Waals surface area contributed by atoms with Crippen molar-refractivity contribution < 1.29 is 4.42 Å². The molecule has 2 atom stereocenters. The van der Waals surface area contributed by atoms with Crippen LogP contribution in [0, 0.1) is 20.8 Å². The van der Waals surface area contributed by atoms with E-state index >= 15 is 0 Å². The molecule has 5 heterocycles. The average Bonchev–Trinajstić information content (AvgIpc) is 3.49. The number of fused-ring (bicyclic) bond motifs is 3. The Labute approximate surface area is 191 Å². The summed E-state index contributed by atoms with van der Waals surface area (Å²) in [5.41, 5.74) is 5.41. The molecule has 4 aromatic heterocycles. The second-order valence-corrected chi connectivity index (χ2v) is 9.51. The van der Waals surface area contributed by atoms with Crippen molar-refractivity contribution in [1.82, 2.24) is 24.7 Å². The van der Waals surface area contributed by atoms with Crippen molar-refractivity contribution in [2.75, 3.05) is 0 Å². The van der Waals surface area contributed by atoms with Gasteiger partial charge in [-0.2, -0.15) is 0 Å². The number of aliphatic imine (C=N–C) groups is 1. The van der Waals surface area contributed by atoms with E-state index in [2.05, 4.69) is 59.6 Å². The zero-order valence-corrected chi connectivity index (χ0v) is 19.8. The summed E-state index contributed by atoms with van der Waals surface area (Å²) in [6.07, 6.45) is 6.78. The minimum atomic E-state index is -0.265. The van der Waals surface area contributed by atoms with Crippen LogP contribution in [-0.2, 0) is 6.42 Å². The molecule has 1 aliphatic heterocycles. The molecule has 5 rings (SSSR count). The first-order valence-electron chi connectivity index (χ1n) is 10.9. The molecule has 0 aromatic carbocycles. The molecule has 32 heavy (non-hydrogen) atoms. The summed E-state index contributed by atoms with van der Waals surface area (Å²) in [5.74, 6) is 2.72. The van der Waals surface area contributed by atoms with E-state index in [-0.39, 0.29) is 6.04 Å². The van der Waals surface area contributed by atoms with Crippen molar-refractivity contribution in [3.8, 4) is 5.00 Å². The summed E-state index contributed by atoms with van der Waals surface area (Å²) in [6, 6.07) is 4.00. The smallest absolute Gasteiger partial charge is 0.196 e. The maximum Gasteiger partial charge on any atom is 0.196 e. The number of aromatic nitrogens is 5. The number of rotatable bonds is 5. The molecule has 0 N–H and O–H groups in total. The van der Waals surface area contributed by atoms with Crippen LogP contribution in [0.4, 0.5) is 0 Å². The van der Waals surface area contributed by atoms with Crippen LogP contribution in [0.3, 0.4) is 0 Å². The van der Waals surface area contributed by atoms with Crippen LogP contribution in [0.5, 0.6) is 0 Å². The molecule has 7 nitrogen and oxygen atoms in total. The molecule has 0 saturated heterocycles. The van der Waals surface area contributed by atoms with Gasteiger partial charge in [0.1, 0.15) is 23.1 Å². The van der Waals surface area contributed by atoms with Crippen molar-refractivity contribution >= 4 is 17.0 Å². The summed E-state index contributed by atoms with van der Waals surface area (Å²) >= 11 is 1.75. The molecule has 0 radical (unpaired) electrons. The fraction of sp³-hybridized carbons (Fsp3) is 0.375. The molecule has 0 amide bonds. The third-order valence-corrected chi connectivity index (χ3v) is 7.46. The molecule has 0 aliphatic carbocycles. The van der Waals surface area contributed by atoms with Crippen LogP contribution in [-0.4, -0.2) is 30.4 Å². The monoisotopic (exact) mass is 446 g/mol. The molecule has 1 aliphatic rings. The number of thiophene rings is 1. The van der Waals surface area contributed by atoms with E-state index in [4.69, 9.17) is 14.4 Å². The number of hydrogen-bond acceptors (Lipinski definition) is 7. The van der Waals surface area contributed by atoms with Crippen molar-refractivity contribution in [2.45, 2.75) is 59.4 Å². The zero-order chi connectivity index (χ0) is 22.4. The molecular weight excluding hydrogens is 420 g/mol. The summed E-state index contributed by atoms with van der Waals surface area (Å²) in [6.45, 7) is 10.7. The minimum Gasteiger partial charge on any atom is -0.449 e. The van der Waals surface area contributed by atoms with E-state index in [1.807, 2.05) is 13.1 Å². The fourth-order valence-corrected chi connectivity index (χ4v) is 5.30. The summed E-state index contributed by atoms with van der Waals surface area (Å²) in [5, 5.41) is 10.0. The van der Waals surface area contributed by atoms with E-state index in [9.17, 15) is 0 Å². The van der Waals surface area contributed by atoms with E-state index in [1.54, 1.807) is 23.8 Å². The largest absolute Gasteiger partial charge is 0.449 e. The third kappa shape index (κ3) is 3.39. The van der Waals surface area contributed by atoms with Crippen molar-refractivity contribution in [3.05, 3.63) is 75.6 Å². The predicted octanol–water partition coefficient (Wildman–Crippen LogP) is 5.29. The highest BCUT2D eigenvalue weighted by Gasteiger charge is 2.32. The number of pyridine rings is 1.